The monoisotopic (exact) mass is 339 g/mol. The smallest absolute Gasteiger partial charge is 0.315 e. The molecule has 23 heavy (non-hydrogen) atoms. The van der Waals surface area contributed by atoms with E-state index >= 15 is 0 Å². The van der Waals surface area contributed by atoms with Gasteiger partial charge in [0.05, 0.1) is 17.2 Å². The van der Waals surface area contributed by atoms with Crippen molar-refractivity contribution < 1.29 is 9.53 Å². The zero-order chi connectivity index (χ0) is 16.8. The van der Waals surface area contributed by atoms with Crippen LogP contribution >= 0.6 is 11.3 Å². The molecule has 2 amide bonds. The van der Waals surface area contributed by atoms with Gasteiger partial charge in [0, 0.05) is 29.6 Å². The van der Waals surface area contributed by atoms with E-state index in [1.165, 1.54) is 4.88 Å². The van der Waals surface area contributed by atoms with E-state index in [1.807, 2.05) is 13.1 Å². The number of hydrogen-bond acceptors (Lipinski definition) is 4. The summed E-state index contributed by atoms with van der Waals surface area (Å²) in [6.45, 7) is 8.90. The highest BCUT2D eigenvalue weighted by atomic mass is 32.1. The fraction of sp³-hybridized carbons (Fsp3) is 0.765. The first kappa shape index (κ1) is 18.2. The van der Waals surface area contributed by atoms with Gasteiger partial charge >= 0.3 is 6.03 Å². The van der Waals surface area contributed by atoms with Gasteiger partial charge in [0.2, 0.25) is 0 Å². The normalized spacial score (nSPS) is 22.8. The van der Waals surface area contributed by atoms with Crippen LogP contribution in [0.5, 0.6) is 0 Å². The van der Waals surface area contributed by atoms with E-state index in [0.29, 0.717) is 12.6 Å². The number of carbonyl (C=O) groups excluding carboxylic acids is 1. The summed E-state index contributed by atoms with van der Waals surface area (Å²) in [7, 11) is 0. The number of rotatable bonds is 6. The Morgan fingerprint density at radius 2 is 2.04 bits per heavy atom. The van der Waals surface area contributed by atoms with Crippen LogP contribution in [-0.4, -0.2) is 35.8 Å². The molecule has 1 aliphatic carbocycles. The molecule has 0 bridgehead atoms. The minimum absolute atomic E-state index is 0.0710. The third-order valence-corrected chi connectivity index (χ3v) is 5.25. The number of nitrogens with zero attached hydrogens (tertiary/aromatic N) is 1. The third kappa shape index (κ3) is 6.11. The van der Waals surface area contributed by atoms with Crippen molar-refractivity contribution in [2.45, 2.75) is 77.5 Å². The fourth-order valence-electron chi connectivity index (χ4n) is 2.90. The van der Waals surface area contributed by atoms with Crippen molar-refractivity contribution in [3.63, 3.8) is 0 Å². The number of ether oxygens (including phenoxy) is 1. The lowest BCUT2D eigenvalue weighted by Gasteiger charge is -2.30. The van der Waals surface area contributed by atoms with Crippen molar-refractivity contribution in [1.29, 1.82) is 0 Å². The fourth-order valence-corrected chi connectivity index (χ4v) is 3.72. The van der Waals surface area contributed by atoms with Gasteiger partial charge in [-0.2, -0.15) is 0 Å². The van der Waals surface area contributed by atoms with E-state index in [-0.39, 0.29) is 24.1 Å². The van der Waals surface area contributed by atoms with Crippen LogP contribution in [0.3, 0.4) is 0 Å². The average molecular weight is 340 g/mol. The van der Waals surface area contributed by atoms with E-state index < -0.39 is 0 Å². The van der Waals surface area contributed by atoms with Crippen LogP contribution in [0.4, 0.5) is 4.79 Å². The van der Waals surface area contributed by atoms with Crippen LogP contribution in [0.25, 0.3) is 0 Å². The second kappa shape index (κ2) is 8.64. The quantitative estimate of drug-likeness (QED) is 0.832. The molecule has 1 atom stereocenters. The van der Waals surface area contributed by atoms with Gasteiger partial charge in [-0.25, -0.2) is 9.78 Å². The molecule has 130 valence electrons. The largest absolute Gasteiger partial charge is 0.376 e. The van der Waals surface area contributed by atoms with Gasteiger partial charge < -0.3 is 15.4 Å². The molecular weight excluding hydrogens is 310 g/mol. The SMILES string of the molecule is Cc1cnc([C@H](C)CNC(=O)NC2CCC(OC(C)C)CC2)s1. The predicted octanol–water partition coefficient (Wildman–Crippen LogP) is 3.59. The number of thiazole rings is 1. The Bertz CT molecular complexity index is 496. The molecule has 1 aliphatic rings. The van der Waals surface area contributed by atoms with E-state index in [2.05, 4.69) is 36.4 Å². The summed E-state index contributed by atoms with van der Waals surface area (Å²) in [5, 5.41) is 7.13. The van der Waals surface area contributed by atoms with Crippen molar-refractivity contribution in [1.82, 2.24) is 15.6 Å². The summed E-state index contributed by atoms with van der Waals surface area (Å²) >= 11 is 1.69. The molecule has 0 aliphatic heterocycles. The van der Waals surface area contributed by atoms with Gasteiger partial charge in [0.15, 0.2) is 0 Å². The summed E-state index contributed by atoms with van der Waals surface area (Å²) in [4.78, 5) is 17.6. The number of amides is 2. The van der Waals surface area contributed by atoms with Crippen LogP contribution in [0.15, 0.2) is 6.20 Å². The molecule has 0 spiro atoms. The Morgan fingerprint density at radius 1 is 1.35 bits per heavy atom. The summed E-state index contributed by atoms with van der Waals surface area (Å²) in [6, 6.07) is 0.192. The van der Waals surface area contributed by atoms with Crippen molar-refractivity contribution in [2.24, 2.45) is 0 Å². The molecule has 0 radical (unpaired) electrons. The Labute approximate surface area is 143 Å². The zero-order valence-electron chi connectivity index (χ0n) is 14.6. The minimum atomic E-state index is -0.0710. The molecule has 1 aromatic rings. The summed E-state index contributed by atoms with van der Waals surface area (Å²) in [5.74, 6) is 0.245. The van der Waals surface area contributed by atoms with E-state index in [9.17, 15) is 4.79 Å². The van der Waals surface area contributed by atoms with Gasteiger partial charge in [-0.15, -0.1) is 11.3 Å². The Balaban J connectivity index is 1.65. The molecule has 1 aromatic heterocycles. The number of carbonyl (C=O) groups is 1. The van der Waals surface area contributed by atoms with Crippen LogP contribution in [0, 0.1) is 6.92 Å². The van der Waals surface area contributed by atoms with E-state index in [1.54, 1.807) is 11.3 Å². The molecule has 0 saturated heterocycles. The second-order valence-corrected chi connectivity index (χ2v) is 7.99. The van der Waals surface area contributed by atoms with Crippen LogP contribution in [-0.2, 0) is 4.74 Å². The second-order valence-electron chi connectivity index (χ2n) is 6.72. The van der Waals surface area contributed by atoms with Crippen molar-refractivity contribution in [3.05, 3.63) is 16.1 Å². The third-order valence-electron chi connectivity index (χ3n) is 4.10. The average Bonchev–Trinajstić information content (AvgIpc) is 2.93. The van der Waals surface area contributed by atoms with Crippen LogP contribution < -0.4 is 10.6 Å². The van der Waals surface area contributed by atoms with Gasteiger partial charge in [-0.1, -0.05) is 6.92 Å². The molecule has 2 N–H and O–H groups in total. The van der Waals surface area contributed by atoms with E-state index in [4.69, 9.17) is 4.74 Å². The van der Waals surface area contributed by atoms with Gasteiger partial charge in [-0.3, -0.25) is 0 Å². The van der Waals surface area contributed by atoms with Crippen LogP contribution in [0.1, 0.15) is 62.3 Å². The highest BCUT2D eigenvalue weighted by Gasteiger charge is 2.23. The maximum absolute atomic E-state index is 12.0. The van der Waals surface area contributed by atoms with Gasteiger partial charge in [0.25, 0.3) is 0 Å². The Hall–Kier alpha value is -1.14. The molecule has 5 nitrogen and oxygen atoms in total. The molecule has 2 rings (SSSR count). The lowest BCUT2D eigenvalue weighted by Crippen LogP contribution is -2.45. The first-order valence-corrected chi connectivity index (χ1v) is 9.37. The molecule has 0 unspecified atom stereocenters. The number of aryl methyl sites for hydroxylation is 1. The Morgan fingerprint density at radius 3 is 2.61 bits per heavy atom. The molecule has 6 heteroatoms. The zero-order valence-corrected chi connectivity index (χ0v) is 15.4. The summed E-state index contributed by atoms with van der Waals surface area (Å²) < 4.78 is 5.84. The highest BCUT2D eigenvalue weighted by molar-refractivity contribution is 7.11. The lowest BCUT2D eigenvalue weighted by atomic mass is 9.93. The van der Waals surface area contributed by atoms with E-state index in [0.717, 1.165) is 30.7 Å². The number of hydrogen-bond donors (Lipinski definition) is 2. The number of nitrogens with one attached hydrogen (secondary N) is 2. The van der Waals surface area contributed by atoms with Crippen molar-refractivity contribution in [3.8, 4) is 0 Å². The predicted molar refractivity (Wildman–Crippen MR) is 94.1 cm³/mol. The topological polar surface area (TPSA) is 63.2 Å². The van der Waals surface area contributed by atoms with Crippen molar-refractivity contribution in [2.75, 3.05) is 6.54 Å². The minimum Gasteiger partial charge on any atom is -0.376 e. The highest BCUT2D eigenvalue weighted by Crippen LogP contribution is 2.22. The summed E-state index contributed by atoms with van der Waals surface area (Å²) in [5.41, 5.74) is 0. The van der Waals surface area contributed by atoms with Gasteiger partial charge in [-0.05, 0) is 46.5 Å². The van der Waals surface area contributed by atoms with Gasteiger partial charge in [0.1, 0.15) is 0 Å². The summed E-state index contributed by atoms with van der Waals surface area (Å²) in [6.07, 6.45) is 6.55. The first-order valence-electron chi connectivity index (χ1n) is 8.56. The lowest BCUT2D eigenvalue weighted by molar-refractivity contribution is -0.0155. The standard InChI is InChI=1S/C17H29N3O2S/c1-11(2)22-15-7-5-14(6-8-15)20-17(21)19-9-12(3)16-18-10-13(4)23-16/h10-12,14-15H,5-9H2,1-4H3,(H2,19,20,21)/t12-,14?,15?/m1/s1. The van der Waals surface area contributed by atoms with Crippen molar-refractivity contribution >= 4 is 17.4 Å². The molecule has 1 heterocycles. The molecule has 1 saturated carbocycles. The molecule has 0 aromatic carbocycles. The number of aromatic nitrogens is 1. The molecule has 1 fully saturated rings. The maximum Gasteiger partial charge on any atom is 0.315 e. The Kier molecular flexibility index (Phi) is 6.84. The van der Waals surface area contributed by atoms with Crippen LogP contribution in [0.2, 0.25) is 0 Å². The first-order chi connectivity index (χ1) is 10.9. The maximum atomic E-state index is 12.0. The molecular formula is C17H29N3O2S. The number of urea groups is 1.